The van der Waals surface area contributed by atoms with Gasteiger partial charge in [-0.25, -0.2) is 0 Å². The summed E-state index contributed by atoms with van der Waals surface area (Å²) in [6.45, 7) is 4.50. The Hall–Kier alpha value is -3.12. The minimum atomic E-state index is -4.49. The summed E-state index contributed by atoms with van der Waals surface area (Å²) in [7, 11) is -7.13. The zero-order valence-corrected chi connectivity index (χ0v) is 18.9. The van der Waals surface area contributed by atoms with Crippen molar-refractivity contribution in [2.45, 2.75) is 36.7 Å². The number of rotatable bonds is 7. The summed E-state index contributed by atoms with van der Waals surface area (Å²) in [5.41, 5.74) is 0.850. The van der Waals surface area contributed by atoms with Gasteiger partial charge in [0.25, 0.3) is 20.0 Å². The molecule has 0 aliphatic carbocycles. The highest BCUT2D eigenvalue weighted by Gasteiger charge is 2.38. The molecule has 3 aromatic heterocycles. The number of sulfonamides is 2. The molecule has 4 aromatic rings. The maximum atomic E-state index is 13.6. The van der Waals surface area contributed by atoms with Crippen LogP contribution in [-0.4, -0.2) is 41.0 Å². The minimum absolute atomic E-state index is 0.00666. The number of nitrogens with zero attached hydrogens (tertiary/aromatic N) is 6. The van der Waals surface area contributed by atoms with Crippen LogP contribution in [0.15, 0.2) is 65.0 Å². The molecule has 10 nitrogen and oxygen atoms in total. The van der Waals surface area contributed by atoms with Crippen LogP contribution in [0.4, 0.5) is 5.69 Å². The van der Waals surface area contributed by atoms with Gasteiger partial charge in [-0.15, -0.1) is 0 Å². The average Bonchev–Trinajstić information content (AvgIpc) is 3.48. The fraction of sp³-hybridized carbons (Fsp3) is 0.263. The smallest absolute Gasteiger partial charge is 0.280 e. The summed E-state index contributed by atoms with van der Waals surface area (Å²) in [5.74, 6) is 0. The number of anilines is 1. The van der Waals surface area contributed by atoms with Crippen molar-refractivity contribution in [3.05, 3.63) is 55.2 Å². The van der Waals surface area contributed by atoms with Crippen LogP contribution in [0.5, 0.6) is 0 Å². The first-order chi connectivity index (χ1) is 14.7. The van der Waals surface area contributed by atoms with Crippen LogP contribution in [0.25, 0.3) is 10.9 Å². The lowest BCUT2D eigenvalue weighted by Crippen LogP contribution is -2.36. The Labute approximate surface area is 180 Å². The van der Waals surface area contributed by atoms with Gasteiger partial charge in [-0.05, 0) is 38.1 Å². The fourth-order valence-electron chi connectivity index (χ4n) is 3.28. The van der Waals surface area contributed by atoms with E-state index in [1.165, 1.54) is 27.8 Å². The van der Waals surface area contributed by atoms with E-state index in [9.17, 15) is 16.8 Å². The molecule has 0 radical (unpaired) electrons. The second-order valence-corrected chi connectivity index (χ2v) is 10.7. The van der Waals surface area contributed by atoms with Crippen molar-refractivity contribution in [2.24, 2.45) is 7.05 Å². The van der Waals surface area contributed by atoms with Crippen molar-refractivity contribution in [2.75, 3.05) is 3.71 Å². The van der Waals surface area contributed by atoms with E-state index in [-0.39, 0.29) is 15.5 Å². The third kappa shape index (κ3) is 3.51. The zero-order valence-electron chi connectivity index (χ0n) is 17.2. The lowest BCUT2D eigenvalue weighted by molar-refractivity contribution is 0.583. The maximum absolute atomic E-state index is 13.6. The number of aryl methyl sites for hydroxylation is 3. The Morgan fingerprint density at radius 2 is 1.42 bits per heavy atom. The van der Waals surface area contributed by atoms with E-state index in [1.54, 1.807) is 32.0 Å². The van der Waals surface area contributed by atoms with E-state index in [0.717, 1.165) is 17.9 Å². The Morgan fingerprint density at radius 3 is 1.90 bits per heavy atom. The lowest BCUT2D eigenvalue weighted by Gasteiger charge is -2.23. The normalized spacial score (nSPS) is 12.5. The third-order valence-corrected chi connectivity index (χ3v) is 9.06. The van der Waals surface area contributed by atoms with Crippen LogP contribution < -0.4 is 3.71 Å². The van der Waals surface area contributed by atoms with E-state index in [2.05, 4.69) is 10.2 Å². The van der Waals surface area contributed by atoms with Gasteiger partial charge >= 0.3 is 0 Å². The maximum Gasteiger partial charge on any atom is 0.280 e. The van der Waals surface area contributed by atoms with Gasteiger partial charge in [0, 0.05) is 49.6 Å². The molecule has 0 atom stereocenters. The molecule has 0 bridgehead atoms. The zero-order chi connectivity index (χ0) is 22.4. The summed E-state index contributed by atoms with van der Waals surface area (Å²) >= 11 is 0. The third-order valence-electron chi connectivity index (χ3n) is 4.98. The summed E-state index contributed by atoms with van der Waals surface area (Å²) in [5, 5.41) is 8.71. The van der Waals surface area contributed by atoms with Gasteiger partial charge in [0.2, 0.25) is 0 Å². The molecule has 0 saturated heterocycles. The highest BCUT2D eigenvalue weighted by Crippen LogP contribution is 2.32. The van der Waals surface area contributed by atoms with Crippen molar-refractivity contribution < 1.29 is 16.8 Å². The van der Waals surface area contributed by atoms with Gasteiger partial charge in [-0.1, -0.05) is 0 Å². The van der Waals surface area contributed by atoms with Gasteiger partial charge in [0.1, 0.15) is 9.79 Å². The molecule has 0 unspecified atom stereocenters. The summed E-state index contributed by atoms with van der Waals surface area (Å²) in [4.78, 5) is -0.428. The van der Waals surface area contributed by atoms with Crippen LogP contribution in [-0.2, 0) is 40.2 Å². The highest BCUT2D eigenvalue weighted by atomic mass is 32.3. The molecule has 1 aromatic carbocycles. The van der Waals surface area contributed by atoms with Crippen LogP contribution in [0.1, 0.15) is 13.8 Å². The minimum Gasteiger partial charge on any atom is -0.351 e. The standard InChI is InChI=1S/C19H22N6O4S2/c1-4-23-13-17(11-20-23)30(26,27)25(31(28,29)18-12-21-24(5-2)14-18)16-6-7-19-15(10-16)8-9-22(19)3/h6-14H,4-5H2,1-3H3. The molecule has 0 fully saturated rings. The van der Waals surface area contributed by atoms with Gasteiger partial charge in [-0.3, -0.25) is 9.36 Å². The summed E-state index contributed by atoms with van der Waals surface area (Å²) in [6, 6.07) is 6.50. The topological polar surface area (TPSA) is 112 Å². The highest BCUT2D eigenvalue weighted by molar-refractivity contribution is 8.10. The lowest BCUT2D eigenvalue weighted by atomic mass is 10.2. The molecule has 0 amide bonds. The SMILES string of the molecule is CCn1cc(S(=O)(=O)N(c2ccc3c(ccn3C)c2)S(=O)(=O)c2cnn(CC)c2)cn1. The first-order valence-electron chi connectivity index (χ1n) is 9.59. The molecule has 0 saturated carbocycles. The van der Waals surface area contributed by atoms with Gasteiger partial charge in [0.05, 0.1) is 18.1 Å². The first-order valence-corrected chi connectivity index (χ1v) is 12.5. The molecule has 3 heterocycles. The molecular weight excluding hydrogens is 440 g/mol. The predicted molar refractivity (Wildman–Crippen MR) is 116 cm³/mol. The van der Waals surface area contributed by atoms with Crippen molar-refractivity contribution in [3.8, 4) is 0 Å². The summed E-state index contributed by atoms with van der Waals surface area (Å²) < 4.78 is 59.4. The Balaban J connectivity index is 1.95. The van der Waals surface area contributed by atoms with Gasteiger partial charge in [-0.2, -0.15) is 30.7 Å². The molecular formula is C19H22N6O4S2. The monoisotopic (exact) mass is 462 g/mol. The molecule has 164 valence electrons. The fourth-order valence-corrected chi connectivity index (χ4v) is 6.87. The van der Waals surface area contributed by atoms with E-state index < -0.39 is 20.0 Å². The van der Waals surface area contributed by atoms with Crippen LogP contribution in [0, 0.1) is 0 Å². The van der Waals surface area contributed by atoms with Crippen molar-refractivity contribution in [1.82, 2.24) is 24.1 Å². The molecule has 31 heavy (non-hydrogen) atoms. The molecule has 0 spiro atoms. The van der Waals surface area contributed by atoms with Crippen molar-refractivity contribution >= 4 is 36.6 Å². The van der Waals surface area contributed by atoms with Crippen LogP contribution in [0.2, 0.25) is 0 Å². The Bertz CT molecular complexity index is 1390. The predicted octanol–water partition coefficient (Wildman–Crippen LogP) is 2.20. The number of benzene rings is 1. The van der Waals surface area contributed by atoms with Crippen molar-refractivity contribution in [1.29, 1.82) is 0 Å². The Morgan fingerprint density at radius 1 is 0.871 bits per heavy atom. The van der Waals surface area contributed by atoms with Gasteiger partial charge in [0.15, 0.2) is 0 Å². The largest absolute Gasteiger partial charge is 0.351 e. The molecule has 0 aliphatic rings. The molecule has 12 heteroatoms. The van der Waals surface area contributed by atoms with E-state index in [1.807, 2.05) is 17.8 Å². The average molecular weight is 463 g/mol. The van der Waals surface area contributed by atoms with Crippen molar-refractivity contribution in [3.63, 3.8) is 0 Å². The van der Waals surface area contributed by atoms with E-state index in [0.29, 0.717) is 22.2 Å². The quantitative estimate of drug-likeness (QED) is 0.416. The molecule has 0 aliphatic heterocycles. The van der Waals surface area contributed by atoms with Gasteiger partial charge < -0.3 is 4.57 Å². The number of fused-ring (bicyclic) bond motifs is 1. The Kier molecular flexibility index (Phi) is 5.13. The number of hydrogen-bond donors (Lipinski definition) is 0. The molecule has 4 rings (SSSR count). The number of hydrogen-bond acceptors (Lipinski definition) is 6. The number of aromatic nitrogens is 5. The van der Waals surface area contributed by atoms with E-state index >= 15 is 0 Å². The molecule has 0 N–H and O–H groups in total. The second kappa shape index (κ2) is 7.54. The first kappa shape index (κ1) is 21.1. The second-order valence-electron chi connectivity index (χ2n) is 6.94. The van der Waals surface area contributed by atoms with E-state index in [4.69, 9.17) is 0 Å². The van der Waals surface area contributed by atoms with Crippen LogP contribution in [0.3, 0.4) is 0 Å². The van der Waals surface area contributed by atoms with Crippen LogP contribution >= 0.6 is 0 Å². The summed E-state index contributed by atoms with van der Waals surface area (Å²) in [6.07, 6.45) is 6.75.